The second kappa shape index (κ2) is 8.43. The number of H-pyrrole nitrogens is 1. The van der Waals surface area contributed by atoms with Gasteiger partial charge in [-0.15, -0.1) is 0 Å². The van der Waals surface area contributed by atoms with Crippen LogP contribution >= 0.6 is 11.9 Å². The first-order chi connectivity index (χ1) is 16.0. The highest BCUT2D eigenvalue weighted by Gasteiger charge is 2.26. The topological polar surface area (TPSA) is 97.2 Å². The second-order valence-corrected chi connectivity index (χ2v) is 8.25. The minimum absolute atomic E-state index is 0.102. The van der Waals surface area contributed by atoms with Crippen molar-refractivity contribution < 1.29 is 27.2 Å². The van der Waals surface area contributed by atoms with Gasteiger partial charge in [-0.1, -0.05) is 5.16 Å². The summed E-state index contributed by atoms with van der Waals surface area (Å²) in [6.45, 7) is 0. The van der Waals surface area contributed by atoms with Crippen LogP contribution in [0.3, 0.4) is 0 Å². The number of rotatable bonds is 8. The van der Waals surface area contributed by atoms with Crippen molar-refractivity contribution in [2.24, 2.45) is 0 Å². The number of halogens is 3. The van der Waals surface area contributed by atoms with Crippen molar-refractivity contribution in [1.29, 1.82) is 0 Å². The first kappa shape index (κ1) is 21.3. The molecule has 3 N–H and O–H groups in total. The van der Waals surface area contributed by atoms with E-state index in [1.54, 1.807) is 0 Å². The zero-order chi connectivity index (χ0) is 23.1. The lowest BCUT2D eigenvalue weighted by molar-refractivity contribution is 0.392. The Kier molecular flexibility index (Phi) is 5.44. The van der Waals surface area contributed by atoms with E-state index in [9.17, 15) is 8.78 Å². The van der Waals surface area contributed by atoms with Crippen molar-refractivity contribution in [3.63, 3.8) is 0 Å². The number of aromatic amines is 1. The van der Waals surface area contributed by atoms with Crippen LogP contribution in [0.15, 0.2) is 33.7 Å². The SMILES string of the molecule is COc1cc(F)c(F)cc1SNc1noc2cc(Nc3cc(C4CC4)[nH]n3)c(F)c(OC)c12. The normalized spacial score (nSPS) is 13.4. The third-order valence-corrected chi connectivity index (χ3v) is 6.04. The molecule has 0 aliphatic heterocycles. The molecule has 2 aromatic heterocycles. The van der Waals surface area contributed by atoms with E-state index in [-0.39, 0.29) is 38.9 Å². The number of hydrogen-bond acceptors (Lipinski definition) is 8. The number of ether oxygens (including phenoxy) is 2. The van der Waals surface area contributed by atoms with Crippen molar-refractivity contribution in [2.45, 2.75) is 23.7 Å². The summed E-state index contributed by atoms with van der Waals surface area (Å²) in [7, 11) is 2.66. The number of methoxy groups -OCH3 is 2. The zero-order valence-electron chi connectivity index (χ0n) is 17.5. The van der Waals surface area contributed by atoms with E-state index in [0.717, 1.165) is 42.6 Å². The molecule has 1 fully saturated rings. The van der Waals surface area contributed by atoms with Gasteiger partial charge in [-0.3, -0.25) is 5.10 Å². The van der Waals surface area contributed by atoms with E-state index in [1.807, 2.05) is 6.07 Å². The first-order valence-electron chi connectivity index (χ1n) is 9.92. The van der Waals surface area contributed by atoms with Gasteiger partial charge in [0.05, 0.1) is 24.8 Å². The van der Waals surface area contributed by atoms with Crippen LogP contribution in [0.25, 0.3) is 11.0 Å². The molecule has 1 aliphatic carbocycles. The second-order valence-electron chi connectivity index (χ2n) is 7.40. The molecule has 0 radical (unpaired) electrons. The van der Waals surface area contributed by atoms with Gasteiger partial charge in [0.15, 0.2) is 40.4 Å². The van der Waals surface area contributed by atoms with Gasteiger partial charge in [0.25, 0.3) is 0 Å². The van der Waals surface area contributed by atoms with Crippen molar-refractivity contribution >= 4 is 40.2 Å². The van der Waals surface area contributed by atoms with Crippen LogP contribution in [-0.2, 0) is 0 Å². The van der Waals surface area contributed by atoms with Crippen molar-refractivity contribution in [3.8, 4) is 11.5 Å². The molecule has 0 atom stereocenters. The number of fused-ring (bicyclic) bond motifs is 1. The van der Waals surface area contributed by atoms with Crippen molar-refractivity contribution in [1.82, 2.24) is 15.4 Å². The maximum absolute atomic E-state index is 15.3. The van der Waals surface area contributed by atoms with E-state index in [4.69, 9.17) is 14.0 Å². The Morgan fingerprint density at radius 2 is 1.88 bits per heavy atom. The van der Waals surface area contributed by atoms with Gasteiger partial charge in [0.2, 0.25) is 0 Å². The van der Waals surface area contributed by atoms with Crippen LogP contribution in [0.1, 0.15) is 24.5 Å². The van der Waals surface area contributed by atoms with Gasteiger partial charge in [-0.25, -0.2) is 13.2 Å². The Bertz CT molecular complexity index is 1340. The fourth-order valence-electron chi connectivity index (χ4n) is 3.39. The predicted molar refractivity (Wildman–Crippen MR) is 117 cm³/mol. The lowest BCUT2D eigenvalue weighted by Gasteiger charge is -2.11. The summed E-state index contributed by atoms with van der Waals surface area (Å²) in [6.07, 6.45) is 2.22. The molecule has 0 unspecified atom stereocenters. The molecule has 1 aliphatic rings. The summed E-state index contributed by atoms with van der Waals surface area (Å²) in [6, 6.07) is 5.20. The fraction of sp³-hybridized carbons (Fsp3) is 0.238. The maximum Gasteiger partial charge on any atom is 0.191 e. The zero-order valence-corrected chi connectivity index (χ0v) is 18.3. The summed E-state index contributed by atoms with van der Waals surface area (Å²) >= 11 is 0.898. The van der Waals surface area contributed by atoms with Gasteiger partial charge in [0, 0.05) is 29.8 Å². The summed E-state index contributed by atoms with van der Waals surface area (Å²) < 4.78 is 61.0. The molecule has 4 aromatic rings. The van der Waals surface area contributed by atoms with Gasteiger partial charge < -0.3 is 24.0 Å². The summed E-state index contributed by atoms with van der Waals surface area (Å²) in [5, 5.41) is 14.2. The van der Waals surface area contributed by atoms with E-state index >= 15 is 4.39 Å². The Morgan fingerprint density at radius 3 is 2.61 bits per heavy atom. The molecular formula is C21H18F3N5O3S. The molecule has 5 rings (SSSR count). The van der Waals surface area contributed by atoms with Gasteiger partial charge in [0.1, 0.15) is 11.1 Å². The molecule has 2 aromatic carbocycles. The molecule has 0 spiro atoms. The lowest BCUT2D eigenvalue weighted by atomic mass is 10.2. The van der Waals surface area contributed by atoms with Crippen LogP contribution in [0, 0.1) is 17.5 Å². The predicted octanol–water partition coefficient (Wildman–Crippen LogP) is 5.73. The summed E-state index contributed by atoms with van der Waals surface area (Å²) in [5.74, 6) is -1.63. The minimum atomic E-state index is -1.03. The highest BCUT2D eigenvalue weighted by atomic mass is 32.2. The van der Waals surface area contributed by atoms with Crippen LogP contribution in [0.5, 0.6) is 11.5 Å². The quantitative estimate of drug-likeness (QED) is 0.277. The summed E-state index contributed by atoms with van der Waals surface area (Å²) in [5.41, 5.74) is 1.35. The van der Waals surface area contributed by atoms with Crippen LogP contribution < -0.4 is 19.5 Å². The Morgan fingerprint density at radius 1 is 1.09 bits per heavy atom. The molecule has 0 bridgehead atoms. The third-order valence-electron chi connectivity index (χ3n) is 5.20. The number of nitrogens with one attached hydrogen (secondary N) is 3. The molecule has 1 saturated carbocycles. The molecule has 2 heterocycles. The van der Waals surface area contributed by atoms with E-state index in [1.165, 1.54) is 20.3 Å². The van der Waals surface area contributed by atoms with Gasteiger partial charge in [-0.05, 0) is 30.9 Å². The third kappa shape index (κ3) is 4.01. The Labute approximate surface area is 189 Å². The van der Waals surface area contributed by atoms with Crippen LogP contribution in [-0.4, -0.2) is 29.6 Å². The molecule has 33 heavy (non-hydrogen) atoms. The maximum atomic E-state index is 15.3. The van der Waals surface area contributed by atoms with E-state index < -0.39 is 17.5 Å². The number of hydrogen-bond donors (Lipinski definition) is 3. The Hall–Kier alpha value is -3.54. The molecule has 12 heteroatoms. The average molecular weight is 477 g/mol. The average Bonchev–Trinajstić information content (AvgIpc) is 3.43. The highest BCUT2D eigenvalue weighted by Crippen LogP contribution is 2.42. The first-order valence-corrected chi connectivity index (χ1v) is 10.7. The number of anilines is 3. The highest BCUT2D eigenvalue weighted by molar-refractivity contribution is 8.00. The number of aromatic nitrogens is 3. The molecular weight excluding hydrogens is 459 g/mol. The van der Waals surface area contributed by atoms with Crippen molar-refractivity contribution in [3.05, 3.63) is 47.4 Å². The largest absolute Gasteiger partial charge is 0.495 e. The smallest absolute Gasteiger partial charge is 0.191 e. The monoisotopic (exact) mass is 477 g/mol. The van der Waals surface area contributed by atoms with Crippen LogP contribution in [0.4, 0.5) is 30.5 Å². The molecule has 0 amide bonds. The van der Waals surface area contributed by atoms with Gasteiger partial charge in [-0.2, -0.15) is 5.10 Å². The molecule has 0 saturated heterocycles. The molecule has 172 valence electrons. The molecule has 8 nitrogen and oxygen atoms in total. The number of benzene rings is 2. The van der Waals surface area contributed by atoms with Crippen molar-refractivity contribution in [2.75, 3.05) is 24.3 Å². The van der Waals surface area contributed by atoms with Gasteiger partial charge >= 0.3 is 0 Å². The van der Waals surface area contributed by atoms with E-state index in [0.29, 0.717) is 11.7 Å². The Balaban J connectivity index is 1.44. The lowest BCUT2D eigenvalue weighted by Crippen LogP contribution is -1.99. The number of nitrogens with zero attached hydrogens (tertiary/aromatic N) is 2. The minimum Gasteiger partial charge on any atom is -0.495 e. The van der Waals surface area contributed by atoms with Crippen LogP contribution in [0.2, 0.25) is 0 Å². The standard InChI is InChI=1S/C21H18F3N5O3S/c1-30-14-5-10(22)11(23)6-16(14)33-29-21-18-15(32-28-21)7-13(19(24)20(18)31-2)25-17-8-12(26-27-17)9-3-4-9/h5-9H,3-4H2,1-2H3,(H,28,29)(H2,25,26,27). The van der Waals surface area contributed by atoms with E-state index in [2.05, 4.69) is 25.4 Å². The summed E-state index contributed by atoms with van der Waals surface area (Å²) in [4.78, 5) is 0.260. The fourth-order valence-corrected chi connectivity index (χ4v) is 4.15.